The quantitative estimate of drug-likeness (QED) is 0.600. The molecule has 22 heavy (non-hydrogen) atoms. The van der Waals surface area contributed by atoms with Crippen molar-refractivity contribution < 1.29 is 19.1 Å². The summed E-state index contributed by atoms with van der Waals surface area (Å²) in [6.07, 6.45) is 2.07. The molecule has 1 saturated heterocycles. The summed E-state index contributed by atoms with van der Waals surface area (Å²) in [7, 11) is 4.36. The van der Waals surface area contributed by atoms with E-state index in [9.17, 15) is 14.4 Å². The molecule has 114 valence electrons. The number of imide groups is 1. The number of fused-ring (bicyclic) bond motifs is 1. The lowest BCUT2D eigenvalue weighted by Crippen LogP contribution is -2.61. The maximum absolute atomic E-state index is 12.7. The summed E-state index contributed by atoms with van der Waals surface area (Å²) in [5.74, 6) is -0.0619. The first-order chi connectivity index (χ1) is 10.5. The monoisotopic (exact) mass is 301 g/mol. The van der Waals surface area contributed by atoms with Gasteiger partial charge in [0.2, 0.25) is 12.1 Å². The van der Waals surface area contributed by atoms with E-state index in [-0.39, 0.29) is 0 Å². The molecule has 0 aromatic heterocycles. The lowest BCUT2D eigenvalue weighted by molar-refractivity contribution is -0.131. The Morgan fingerprint density at radius 2 is 1.86 bits per heavy atom. The normalized spacial score (nSPS) is 23.8. The van der Waals surface area contributed by atoms with Crippen molar-refractivity contribution in [2.45, 2.75) is 5.66 Å². The number of ether oxygens (including phenoxy) is 1. The fraction of sp³-hybridized carbons (Fsp3) is 0.267. The number of amides is 4. The van der Waals surface area contributed by atoms with Crippen LogP contribution in [-0.4, -0.2) is 55.0 Å². The zero-order valence-corrected chi connectivity index (χ0v) is 12.4. The zero-order valence-electron chi connectivity index (χ0n) is 12.4. The molecule has 7 nitrogen and oxygen atoms in total. The maximum atomic E-state index is 12.7. The second kappa shape index (κ2) is 4.59. The van der Waals surface area contributed by atoms with E-state index in [2.05, 4.69) is 0 Å². The van der Waals surface area contributed by atoms with Crippen molar-refractivity contribution in [3.8, 4) is 0 Å². The third-order valence-corrected chi connectivity index (χ3v) is 4.16. The predicted octanol–water partition coefficient (Wildman–Crippen LogP) is 0.870. The first kappa shape index (κ1) is 14.1. The van der Waals surface area contributed by atoms with Crippen LogP contribution in [0.1, 0.15) is 5.56 Å². The van der Waals surface area contributed by atoms with Gasteiger partial charge in [0.15, 0.2) is 0 Å². The highest BCUT2D eigenvalue weighted by Crippen LogP contribution is 2.43. The highest BCUT2D eigenvalue weighted by atomic mass is 16.5. The van der Waals surface area contributed by atoms with Gasteiger partial charge in [-0.15, -0.1) is 0 Å². The van der Waals surface area contributed by atoms with Gasteiger partial charge in [-0.3, -0.25) is 24.3 Å². The van der Waals surface area contributed by atoms with Gasteiger partial charge in [0.05, 0.1) is 12.8 Å². The summed E-state index contributed by atoms with van der Waals surface area (Å²) in [4.78, 5) is 40.1. The number of hydrogen-bond donors (Lipinski definition) is 0. The van der Waals surface area contributed by atoms with Gasteiger partial charge >= 0.3 is 6.03 Å². The van der Waals surface area contributed by atoms with Gasteiger partial charge in [-0.1, -0.05) is 12.1 Å². The Morgan fingerprint density at radius 1 is 1.18 bits per heavy atom. The lowest BCUT2D eigenvalue weighted by atomic mass is 9.95. The minimum absolute atomic E-state index is 0.442. The number of anilines is 1. The molecular formula is C15H15N3O4. The first-order valence-corrected chi connectivity index (χ1v) is 6.66. The van der Waals surface area contributed by atoms with Crippen LogP contribution in [0.25, 0.3) is 5.76 Å². The number of urea groups is 1. The topological polar surface area (TPSA) is 70.2 Å². The number of hydrogen-bond acceptors (Lipinski definition) is 4. The van der Waals surface area contributed by atoms with E-state index in [1.54, 1.807) is 18.2 Å². The maximum Gasteiger partial charge on any atom is 0.328 e. The predicted molar refractivity (Wildman–Crippen MR) is 78.6 cm³/mol. The highest BCUT2D eigenvalue weighted by molar-refractivity contribution is 6.14. The minimum Gasteiger partial charge on any atom is -0.496 e. The fourth-order valence-electron chi connectivity index (χ4n) is 2.98. The molecular weight excluding hydrogens is 286 g/mol. The largest absolute Gasteiger partial charge is 0.496 e. The number of likely N-dealkylation sites (N-methyl/N-ethyl adjacent to an activating group) is 2. The Morgan fingerprint density at radius 3 is 2.41 bits per heavy atom. The van der Waals surface area contributed by atoms with Crippen LogP contribution in [0.5, 0.6) is 0 Å². The van der Waals surface area contributed by atoms with Crippen molar-refractivity contribution in [1.82, 2.24) is 9.80 Å². The second-order valence-corrected chi connectivity index (χ2v) is 5.14. The standard InChI is InChI=1S/C15H15N3O4/c1-16-13(20)15(17(2)14(16)21)8-12(22-3)10-6-4-5-7-11(10)18(15)9-19/h4-9H,1-3H3. The third kappa shape index (κ3) is 1.47. The molecule has 1 spiro atoms. The van der Waals surface area contributed by atoms with Crippen molar-refractivity contribution in [3.05, 3.63) is 35.9 Å². The van der Waals surface area contributed by atoms with Crippen molar-refractivity contribution in [2.75, 3.05) is 26.1 Å². The summed E-state index contributed by atoms with van der Waals surface area (Å²) in [5, 5.41) is 0. The van der Waals surface area contributed by atoms with E-state index < -0.39 is 17.6 Å². The molecule has 0 aliphatic carbocycles. The van der Waals surface area contributed by atoms with E-state index in [4.69, 9.17) is 4.74 Å². The number of carbonyl (C=O) groups is 3. The molecule has 4 amide bonds. The van der Waals surface area contributed by atoms with E-state index >= 15 is 0 Å². The van der Waals surface area contributed by atoms with Crippen LogP contribution in [0, 0.1) is 0 Å². The molecule has 2 aliphatic heterocycles. The van der Waals surface area contributed by atoms with E-state index in [1.807, 2.05) is 6.07 Å². The number of para-hydroxylation sites is 1. The summed E-state index contributed by atoms with van der Waals surface area (Å²) in [6.45, 7) is 0. The SMILES string of the molecule is COC1=CC2(C(=O)N(C)C(=O)N2C)N(C=O)c2ccccc21. The van der Waals surface area contributed by atoms with Gasteiger partial charge in [0.25, 0.3) is 5.91 Å². The third-order valence-electron chi connectivity index (χ3n) is 4.16. The molecule has 1 unspecified atom stereocenters. The van der Waals surface area contributed by atoms with Crippen LogP contribution in [0.2, 0.25) is 0 Å². The van der Waals surface area contributed by atoms with Crippen LogP contribution >= 0.6 is 0 Å². The van der Waals surface area contributed by atoms with Crippen molar-refractivity contribution in [2.24, 2.45) is 0 Å². The molecule has 1 atom stereocenters. The average molecular weight is 301 g/mol. The number of benzene rings is 1. The highest BCUT2D eigenvalue weighted by Gasteiger charge is 2.59. The smallest absolute Gasteiger partial charge is 0.328 e. The van der Waals surface area contributed by atoms with Crippen molar-refractivity contribution in [3.63, 3.8) is 0 Å². The Kier molecular flexibility index (Phi) is 2.94. The minimum atomic E-state index is -1.53. The fourth-order valence-corrected chi connectivity index (χ4v) is 2.98. The van der Waals surface area contributed by atoms with Crippen LogP contribution in [0.3, 0.4) is 0 Å². The zero-order chi connectivity index (χ0) is 16.1. The number of rotatable bonds is 2. The van der Waals surface area contributed by atoms with E-state index in [1.165, 1.54) is 37.1 Å². The molecule has 1 aromatic rings. The van der Waals surface area contributed by atoms with Crippen LogP contribution in [0.4, 0.5) is 10.5 Å². The number of carbonyl (C=O) groups excluding carboxylic acids is 3. The van der Waals surface area contributed by atoms with Crippen molar-refractivity contribution >= 4 is 29.8 Å². The Hall–Kier alpha value is -2.83. The molecule has 2 heterocycles. The average Bonchev–Trinajstić information content (AvgIpc) is 2.70. The Balaban J connectivity index is 2.32. The van der Waals surface area contributed by atoms with Gasteiger partial charge in [-0.2, -0.15) is 0 Å². The van der Waals surface area contributed by atoms with Crippen LogP contribution < -0.4 is 4.90 Å². The molecule has 1 fully saturated rings. The lowest BCUT2D eigenvalue weighted by Gasteiger charge is -2.42. The summed E-state index contributed by atoms with van der Waals surface area (Å²) in [5.41, 5.74) is -0.334. The Labute approximate surface area is 127 Å². The van der Waals surface area contributed by atoms with E-state index in [0.717, 1.165) is 4.90 Å². The van der Waals surface area contributed by atoms with Gasteiger partial charge in [-0.25, -0.2) is 4.79 Å². The molecule has 1 aromatic carbocycles. The summed E-state index contributed by atoms with van der Waals surface area (Å²) < 4.78 is 5.37. The Bertz CT molecular complexity index is 714. The molecule has 3 rings (SSSR count). The van der Waals surface area contributed by atoms with Gasteiger partial charge in [-0.05, 0) is 12.1 Å². The molecule has 7 heteroatoms. The van der Waals surface area contributed by atoms with E-state index in [0.29, 0.717) is 23.4 Å². The van der Waals surface area contributed by atoms with Gasteiger partial charge in [0, 0.05) is 25.7 Å². The molecule has 0 radical (unpaired) electrons. The van der Waals surface area contributed by atoms with Gasteiger partial charge in [0.1, 0.15) is 5.76 Å². The second-order valence-electron chi connectivity index (χ2n) is 5.14. The number of methoxy groups -OCH3 is 1. The molecule has 0 bridgehead atoms. The van der Waals surface area contributed by atoms with Gasteiger partial charge < -0.3 is 4.74 Å². The summed E-state index contributed by atoms with van der Waals surface area (Å²) >= 11 is 0. The summed E-state index contributed by atoms with van der Waals surface area (Å²) in [6, 6.07) is 6.58. The van der Waals surface area contributed by atoms with Crippen LogP contribution in [0.15, 0.2) is 30.3 Å². The first-order valence-electron chi connectivity index (χ1n) is 6.66. The van der Waals surface area contributed by atoms with Crippen LogP contribution in [-0.2, 0) is 14.3 Å². The molecule has 0 N–H and O–H groups in total. The molecule has 2 aliphatic rings. The molecule has 0 saturated carbocycles. The number of nitrogens with zero attached hydrogens (tertiary/aromatic N) is 3. The van der Waals surface area contributed by atoms with Crippen molar-refractivity contribution in [1.29, 1.82) is 0 Å².